The van der Waals surface area contributed by atoms with Gasteiger partial charge in [-0.05, 0) is 41.0 Å². The zero-order valence-corrected chi connectivity index (χ0v) is 17.0. The molecule has 0 aromatic heterocycles. The van der Waals surface area contributed by atoms with Crippen molar-refractivity contribution in [3.05, 3.63) is 66.2 Å². The third kappa shape index (κ3) is 4.12. The lowest BCUT2D eigenvalue weighted by Gasteiger charge is -2.17. The molecule has 0 saturated carbocycles. The van der Waals surface area contributed by atoms with Crippen molar-refractivity contribution < 1.29 is 17.9 Å². The Bertz CT molecular complexity index is 1150. The van der Waals surface area contributed by atoms with E-state index in [1.807, 2.05) is 48.5 Å². The van der Waals surface area contributed by atoms with Gasteiger partial charge in [-0.3, -0.25) is 4.79 Å². The van der Waals surface area contributed by atoms with Crippen LogP contribution in [0.15, 0.2) is 60.7 Å². The molecule has 5 nitrogen and oxygen atoms in total. The lowest BCUT2D eigenvalue weighted by Crippen LogP contribution is -2.17. The van der Waals surface area contributed by atoms with Gasteiger partial charge in [0.2, 0.25) is 0 Å². The molecule has 6 heteroatoms. The molecular weight excluding hydrogens is 386 g/mol. The van der Waals surface area contributed by atoms with Crippen molar-refractivity contribution in [1.29, 1.82) is 0 Å². The molecule has 3 aromatic carbocycles. The number of fused-ring (bicyclic) bond motifs is 1. The Morgan fingerprint density at radius 2 is 1.83 bits per heavy atom. The summed E-state index contributed by atoms with van der Waals surface area (Å²) in [4.78, 5) is 11.9. The summed E-state index contributed by atoms with van der Waals surface area (Å²) in [6.07, 6.45) is 0.645. The van der Waals surface area contributed by atoms with Crippen LogP contribution in [-0.4, -0.2) is 39.5 Å². The highest BCUT2D eigenvalue weighted by atomic mass is 32.2. The van der Waals surface area contributed by atoms with Gasteiger partial charge < -0.3 is 10.1 Å². The Kier molecular flexibility index (Phi) is 5.28. The Morgan fingerprint density at radius 3 is 2.52 bits per heavy atom. The first kappa shape index (κ1) is 19.5. The normalized spacial score (nSPS) is 17.9. The molecular formula is C23H23NO4S. The van der Waals surface area contributed by atoms with Crippen molar-refractivity contribution >= 4 is 26.5 Å². The lowest BCUT2D eigenvalue weighted by atomic mass is 9.96. The quantitative estimate of drug-likeness (QED) is 0.698. The van der Waals surface area contributed by atoms with Crippen LogP contribution in [0.1, 0.15) is 16.8 Å². The van der Waals surface area contributed by atoms with E-state index in [1.165, 1.54) is 0 Å². The summed E-state index contributed by atoms with van der Waals surface area (Å²) in [5.74, 6) is 1.05. The van der Waals surface area contributed by atoms with Gasteiger partial charge in [-0.15, -0.1) is 0 Å². The summed E-state index contributed by atoms with van der Waals surface area (Å²) in [7, 11) is -1.32. The molecule has 0 bridgehead atoms. The van der Waals surface area contributed by atoms with Gasteiger partial charge in [0.15, 0.2) is 9.84 Å². The molecule has 1 fully saturated rings. The molecule has 4 rings (SSSR count). The SMILES string of the molecule is CNC(=O)c1ccc(-c2c(OCC3CCS(=O)(=O)C3)ccc3ccccc23)cc1. The number of ether oxygens (including phenoxy) is 1. The van der Waals surface area contributed by atoms with E-state index < -0.39 is 9.84 Å². The van der Waals surface area contributed by atoms with Crippen LogP contribution in [0.25, 0.3) is 21.9 Å². The molecule has 29 heavy (non-hydrogen) atoms. The number of hydrogen-bond acceptors (Lipinski definition) is 4. The van der Waals surface area contributed by atoms with Crippen LogP contribution in [0.2, 0.25) is 0 Å². The molecule has 3 aromatic rings. The van der Waals surface area contributed by atoms with Crippen LogP contribution in [0.4, 0.5) is 0 Å². The van der Waals surface area contributed by atoms with E-state index in [0.29, 0.717) is 18.6 Å². The molecule has 1 aliphatic rings. The Labute approximate surface area is 170 Å². The molecule has 0 spiro atoms. The fraction of sp³-hybridized carbons (Fsp3) is 0.261. The summed E-state index contributed by atoms with van der Waals surface area (Å²) in [6, 6.07) is 19.4. The largest absolute Gasteiger partial charge is 0.493 e. The minimum absolute atomic E-state index is 0.0231. The van der Waals surface area contributed by atoms with E-state index in [0.717, 1.165) is 27.6 Å². The Hall–Kier alpha value is -2.86. The molecule has 1 aliphatic heterocycles. The van der Waals surface area contributed by atoms with Crippen LogP contribution < -0.4 is 10.1 Å². The van der Waals surface area contributed by atoms with Crippen molar-refractivity contribution in [2.75, 3.05) is 25.2 Å². The molecule has 1 unspecified atom stereocenters. The third-order valence-electron chi connectivity index (χ3n) is 5.35. The summed E-state index contributed by atoms with van der Waals surface area (Å²) >= 11 is 0. The number of nitrogens with one attached hydrogen (secondary N) is 1. The summed E-state index contributed by atoms with van der Waals surface area (Å²) in [5.41, 5.74) is 2.49. The molecule has 0 aliphatic carbocycles. The molecule has 150 valence electrons. The van der Waals surface area contributed by atoms with Crippen molar-refractivity contribution in [2.24, 2.45) is 5.92 Å². The van der Waals surface area contributed by atoms with E-state index in [-0.39, 0.29) is 23.3 Å². The number of carbonyl (C=O) groups is 1. The van der Waals surface area contributed by atoms with E-state index in [9.17, 15) is 13.2 Å². The Balaban J connectivity index is 1.70. The maximum absolute atomic E-state index is 11.9. The van der Waals surface area contributed by atoms with E-state index >= 15 is 0 Å². The van der Waals surface area contributed by atoms with Crippen LogP contribution in [0.5, 0.6) is 5.75 Å². The fourth-order valence-corrected chi connectivity index (χ4v) is 5.65. The summed E-state index contributed by atoms with van der Waals surface area (Å²) < 4.78 is 29.6. The summed E-state index contributed by atoms with van der Waals surface area (Å²) in [6.45, 7) is 0.376. The zero-order valence-electron chi connectivity index (χ0n) is 16.2. The number of hydrogen-bond donors (Lipinski definition) is 1. The number of amides is 1. The lowest BCUT2D eigenvalue weighted by molar-refractivity contribution is 0.0963. The van der Waals surface area contributed by atoms with Gasteiger partial charge in [-0.2, -0.15) is 0 Å². The van der Waals surface area contributed by atoms with Crippen LogP contribution in [0.3, 0.4) is 0 Å². The molecule has 1 amide bonds. The number of benzene rings is 3. The first-order valence-corrected chi connectivity index (χ1v) is 11.5. The average Bonchev–Trinajstić information content (AvgIpc) is 3.10. The smallest absolute Gasteiger partial charge is 0.251 e. The highest BCUT2D eigenvalue weighted by Crippen LogP contribution is 2.37. The molecule has 1 atom stereocenters. The van der Waals surface area contributed by atoms with Crippen molar-refractivity contribution in [1.82, 2.24) is 5.32 Å². The van der Waals surface area contributed by atoms with Crippen LogP contribution in [-0.2, 0) is 9.84 Å². The summed E-state index contributed by atoms with van der Waals surface area (Å²) in [5, 5.41) is 4.77. The van der Waals surface area contributed by atoms with Crippen molar-refractivity contribution in [3.63, 3.8) is 0 Å². The number of carbonyl (C=O) groups excluding carboxylic acids is 1. The maximum atomic E-state index is 11.9. The minimum atomic E-state index is -2.93. The maximum Gasteiger partial charge on any atom is 0.251 e. The second-order valence-electron chi connectivity index (χ2n) is 7.40. The van der Waals surface area contributed by atoms with Crippen molar-refractivity contribution in [3.8, 4) is 16.9 Å². The standard InChI is InChI=1S/C23H23NO4S/c1-24-23(25)19-8-6-18(7-9-19)22-20-5-3-2-4-17(20)10-11-21(22)28-14-16-12-13-29(26,27)15-16/h2-11,16H,12-15H2,1H3,(H,24,25). The second-order valence-corrected chi connectivity index (χ2v) is 9.63. The van der Waals surface area contributed by atoms with Gasteiger partial charge in [0.05, 0.1) is 18.1 Å². The van der Waals surface area contributed by atoms with Crippen LogP contribution >= 0.6 is 0 Å². The minimum Gasteiger partial charge on any atom is -0.493 e. The molecule has 1 saturated heterocycles. The van der Waals surface area contributed by atoms with Gasteiger partial charge in [0.1, 0.15) is 5.75 Å². The topological polar surface area (TPSA) is 72.5 Å². The van der Waals surface area contributed by atoms with Gasteiger partial charge in [0.25, 0.3) is 5.91 Å². The molecule has 0 radical (unpaired) electrons. The predicted molar refractivity (Wildman–Crippen MR) is 115 cm³/mol. The van der Waals surface area contributed by atoms with E-state index in [1.54, 1.807) is 19.2 Å². The zero-order chi connectivity index (χ0) is 20.4. The van der Waals surface area contributed by atoms with Gasteiger partial charge in [0, 0.05) is 24.1 Å². The average molecular weight is 410 g/mol. The first-order chi connectivity index (χ1) is 14.0. The number of sulfone groups is 1. The molecule has 1 heterocycles. The van der Waals surface area contributed by atoms with E-state index in [4.69, 9.17) is 4.74 Å². The fourth-order valence-electron chi connectivity index (χ4n) is 3.81. The highest BCUT2D eigenvalue weighted by molar-refractivity contribution is 7.91. The highest BCUT2D eigenvalue weighted by Gasteiger charge is 2.28. The van der Waals surface area contributed by atoms with E-state index in [2.05, 4.69) is 5.32 Å². The number of rotatable bonds is 5. The van der Waals surface area contributed by atoms with Gasteiger partial charge >= 0.3 is 0 Å². The Morgan fingerprint density at radius 1 is 1.07 bits per heavy atom. The van der Waals surface area contributed by atoms with Crippen molar-refractivity contribution in [2.45, 2.75) is 6.42 Å². The molecule has 1 N–H and O–H groups in total. The van der Waals surface area contributed by atoms with Gasteiger partial charge in [-0.1, -0.05) is 42.5 Å². The predicted octanol–water partition coefficient (Wildman–Crippen LogP) is 3.68. The van der Waals surface area contributed by atoms with Gasteiger partial charge in [-0.25, -0.2) is 8.42 Å². The van der Waals surface area contributed by atoms with Crippen LogP contribution in [0, 0.1) is 5.92 Å². The monoisotopic (exact) mass is 409 g/mol. The second kappa shape index (κ2) is 7.87. The third-order valence-corrected chi connectivity index (χ3v) is 7.19. The first-order valence-electron chi connectivity index (χ1n) is 9.64.